The predicted molar refractivity (Wildman–Crippen MR) is 93.0 cm³/mol. The minimum atomic E-state index is -0.196. The van der Waals surface area contributed by atoms with Crippen molar-refractivity contribution in [3.8, 4) is 0 Å². The summed E-state index contributed by atoms with van der Waals surface area (Å²) < 4.78 is 0. The van der Waals surface area contributed by atoms with Gasteiger partial charge < -0.3 is 4.90 Å². The van der Waals surface area contributed by atoms with Gasteiger partial charge in [0, 0.05) is 31.5 Å². The Labute approximate surface area is 144 Å². The molecule has 2 heterocycles. The summed E-state index contributed by atoms with van der Waals surface area (Å²) in [4.78, 5) is 25.8. The van der Waals surface area contributed by atoms with Crippen LogP contribution in [0.1, 0.15) is 47.1 Å². The Kier molecular flexibility index (Phi) is 5.20. The van der Waals surface area contributed by atoms with Crippen LogP contribution in [0.4, 0.5) is 5.13 Å². The van der Waals surface area contributed by atoms with Gasteiger partial charge in [-0.3, -0.25) is 14.9 Å². The third kappa shape index (κ3) is 3.97. The molecule has 1 aliphatic rings. The molecule has 1 fully saturated rings. The number of likely N-dealkylation sites (tertiary alicyclic amines) is 1. The molecule has 3 rings (SSSR count). The van der Waals surface area contributed by atoms with Crippen LogP contribution in [0, 0.1) is 0 Å². The summed E-state index contributed by atoms with van der Waals surface area (Å²) in [5.74, 6) is 0.00831. The normalized spacial score (nSPS) is 14.2. The van der Waals surface area contributed by atoms with Crippen molar-refractivity contribution in [2.75, 3.05) is 11.9 Å². The lowest BCUT2D eigenvalue weighted by atomic mass is 10.1. The maximum absolute atomic E-state index is 12.3. The number of nitrogens with one attached hydrogen (secondary N) is 1. The molecule has 24 heavy (non-hydrogen) atoms. The van der Waals surface area contributed by atoms with Crippen molar-refractivity contribution >= 4 is 28.3 Å². The van der Waals surface area contributed by atoms with Crippen molar-refractivity contribution < 1.29 is 9.59 Å². The number of carbonyl (C=O) groups is 2. The number of nitrogens with zero attached hydrogens (tertiary/aromatic N) is 3. The lowest BCUT2D eigenvalue weighted by molar-refractivity contribution is -0.128. The topological polar surface area (TPSA) is 75.2 Å². The molecule has 0 aliphatic carbocycles. The fourth-order valence-corrected chi connectivity index (χ4v) is 3.48. The molecule has 1 N–H and O–H groups in total. The fraction of sp³-hybridized carbons (Fsp3) is 0.412. The minimum absolute atomic E-state index is 0.196. The molecule has 126 valence electrons. The average Bonchev–Trinajstić information content (AvgIpc) is 3.18. The van der Waals surface area contributed by atoms with E-state index in [1.165, 1.54) is 11.3 Å². The summed E-state index contributed by atoms with van der Waals surface area (Å²) in [5, 5.41) is 12.3. The van der Waals surface area contributed by atoms with Gasteiger partial charge in [0.25, 0.3) is 5.91 Å². The molecule has 0 spiro atoms. The number of hydrogen-bond acceptors (Lipinski definition) is 5. The molecule has 2 amide bonds. The quantitative estimate of drug-likeness (QED) is 0.874. The summed E-state index contributed by atoms with van der Waals surface area (Å²) in [7, 11) is 0. The number of amides is 2. The molecule has 0 unspecified atom stereocenters. The molecule has 0 saturated carbocycles. The highest BCUT2D eigenvalue weighted by Crippen LogP contribution is 2.18. The van der Waals surface area contributed by atoms with Gasteiger partial charge in [-0.2, -0.15) is 0 Å². The van der Waals surface area contributed by atoms with Gasteiger partial charge in [-0.25, -0.2) is 0 Å². The standard InChI is InChI=1S/C17H20N4O2S/c1-2-4-14-19-20-17(24-14)18-16(23)13-8-6-12(7-9-13)11-21-10-3-5-15(21)22/h6-9H,2-5,10-11H2,1H3,(H,18,20,23). The zero-order valence-electron chi connectivity index (χ0n) is 13.6. The number of rotatable bonds is 6. The Morgan fingerprint density at radius 3 is 2.75 bits per heavy atom. The van der Waals surface area contributed by atoms with Gasteiger partial charge in [-0.1, -0.05) is 30.4 Å². The monoisotopic (exact) mass is 344 g/mol. The van der Waals surface area contributed by atoms with Gasteiger partial charge in [-0.15, -0.1) is 10.2 Å². The summed E-state index contributed by atoms with van der Waals surface area (Å²) in [6.07, 6.45) is 3.45. The number of benzene rings is 1. The lowest BCUT2D eigenvalue weighted by Crippen LogP contribution is -2.23. The molecule has 1 aliphatic heterocycles. The van der Waals surface area contributed by atoms with E-state index in [1.807, 2.05) is 17.0 Å². The van der Waals surface area contributed by atoms with E-state index in [0.717, 1.165) is 36.4 Å². The largest absolute Gasteiger partial charge is 0.338 e. The van der Waals surface area contributed by atoms with E-state index in [9.17, 15) is 9.59 Å². The van der Waals surface area contributed by atoms with Gasteiger partial charge >= 0.3 is 0 Å². The summed E-state index contributed by atoms with van der Waals surface area (Å²) >= 11 is 1.41. The summed E-state index contributed by atoms with van der Waals surface area (Å²) in [6, 6.07) is 7.34. The maximum atomic E-state index is 12.3. The molecule has 0 atom stereocenters. The van der Waals surface area contributed by atoms with Crippen molar-refractivity contribution in [3.05, 3.63) is 40.4 Å². The van der Waals surface area contributed by atoms with Crippen LogP contribution in [-0.2, 0) is 17.8 Å². The molecule has 0 radical (unpaired) electrons. The zero-order valence-corrected chi connectivity index (χ0v) is 14.4. The van der Waals surface area contributed by atoms with Gasteiger partial charge in [0.1, 0.15) is 5.01 Å². The minimum Gasteiger partial charge on any atom is -0.338 e. The van der Waals surface area contributed by atoms with Crippen molar-refractivity contribution in [1.29, 1.82) is 0 Å². The molecule has 6 nitrogen and oxygen atoms in total. The number of carbonyl (C=O) groups excluding carboxylic acids is 2. The highest BCUT2D eigenvalue weighted by atomic mass is 32.1. The number of anilines is 1. The van der Waals surface area contributed by atoms with E-state index in [0.29, 0.717) is 23.7 Å². The van der Waals surface area contributed by atoms with Crippen LogP contribution in [0.3, 0.4) is 0 Å². The van der Waals surface area contributed by atoms with Crippen molar-refractivity contribution in [1.82, 2.24) is 15.1 Å². The molecule has 2 aromatic rings. The van der Waals surface area contributed by atoms with Crippen LogP contribution in [-0.4, -0.2) is 33.5 Å². The molecule has 1 aromatic heterocycles. The Morgan fingerprint density at radius 1 is 1.29 bits per heavy atom. The number of aromatic nitrogens is 2. The molecular formula is C17H20N4O2S. The second-order valence-corrected chi connectivity index (χ2v) is 6.88. The smallest absolute Gasteiger partial charge is 0.257 e. The van der Waals surface area contributed by atoms with E-state index in [-0.39, 0.29) is 11.8 Å². The SMILES string of the molecule is CCCc1nnc(NC(=O)c2ccc(CN3CCCC3=O)cc2)s1. The first-order valence-electron chi connectivity index (χ1n) is 8.16. The van der Waals surface area contributed by atoms with Crippen LogP contribution < -0.4 is 5.32 Å². The third-order valence-electron chi connectivity index (χ3n) is 3.91. The average molecular weight is 344 g/mol. The Morgan fingerprint density at radius 2 is 2.08 bits per heavy atom. The highest BCUT2D eigenvalue weighted by Gasteiger charge is 2.20. The van der Waals surface area contributed by atoms with Crippen molar-refractivity contribution in [2.45, 2.75) is 39.2 Å². The van der Waals surface area contributed by atoms with Crippen LogP contribution >= 0.6 is 11.3 Å². The number of aryl methyl sites for hydroxylation is 1. The van der Waals surface area contributed by atoms with Gasteiger partial charge in [-0.05, 0) is 30.5 Å². The Hall–Kier alpha value is -2.28. The predicted octanol–water partition coefficient (Wildman–Crippen LogP) is 2.87. The van der Waals surface area contributed by atoms with Gasteiger partial charge in [0.2, 0.25) is 11.0 Å². The summed E-state index contributed by atoms with van der Waals surface area (Å²) in [6.45, 7) is 3.51. The van der Waals surface area contributed by atoms with E-state index in [1.54, 1.807) is 12.1 Å². The van der Waals surface area contributed by atoms with E-state index >= 15 is 0 Å². The van der Waals surface area contributed by atoms with E-state index in [2.05, 4.69) is 22.4 Å². The fourth-order valence-electron chi connectivity index (χ4n) is 2.64. The lowest BCUT2D eigenvalue weighted by Gasteiger charge is -2.15. The first kappa shape index (κ1) is 16.6. The van der Waals surface area contributed by atoms with Crippen molar-refractivity contribution in [3.63, 3.8) is 0 Å². The Balaban J connectivity index is 1.59. The molecule has 1 saturated heterocycles. The second kappa shape index (κ2) is 7.53. The van der Waals surface area contributed by atoms with Crippen LogP contribution in [0.15, 0.2) is 24.3 Å². The molecule has 1 aromatic carbocycles. The van der Waals surface area contributed by atoms with Crippen molar-refractivity contribution in [2.24, 2.45) is 0 Å². The zero-order chi connectivity index (χ0) is 16.9. The number of hydrogen-bond donors (Lipinski definition) is 1. The maximum Gasteiger partial charge on any atom is 0.257 e. The van der Waals surface area contributed by atoms with Crippen LogP contribution in [0.5, 0.6) is 0 Å². The molecular weight excluding hydrogens is 324 g/mol. The first-order chi connectivity index (χ1) is 11.7. The van der Waals surface area contributed by atoms with Gasteiger partial charge in [0.15, 0.2) is 0 Å². The van der Waals surface area contributed by atoms with Gasteiger partial charge in [0.05, 0.1) is 0 Å². The summed E-state index contributed by atoms with van der Waals surface area (Å²) in [5.41, 5.74) is 1.60. The first-order valence-corrected chi connectivity index (χ1v) is 8.98. The van der Waals surface area contributed by atoms with Crippen LogP contribution in [0.2, 0.25) is 0 Å². The Bertz CT molecular complexity index is 726. The van der Waals surface area contributed by atoms with Crippen LogP contribution in [0.25, 0.3) is 0 Å². The highest BCUT2D eigenvalue weighted by molar-refractivity contribution is 7.15. The van der Waals surface area contributed by atoms with E-state index < -0.39 is 0 Å². The molecule has 0 bridgehead atoms. The third-order valence-corrected chi connectivity index (χ3v) is 4.81. The van der Waals surface area contributed by atoms with E-state index in [4.69, 9.17) is 0 Å². The second-order valence-electron chi connectivity index (χ2n) is 5.82. The molecule has 7 heteroatoms.